The molecule has 1 aromatic rings. The first-order chi connectivity index (χ1) is 11.7. The lowest BCUT2D eigenvalue weighted by Gasteiger charge is -2.46. The van der Waals surface area contributed by atoms with Crippen LogP contribution in [0.5, 0.6) is 0 Å². The maximum atomic E-state index is 12.4. The van der Waals surface area contributed by atoms with Crippen LogP contribution in [0.15, 0.2) is 24.3 Å². The summed E-state index contributed by atoms with van der Waals surface area (Å²) in [7, 11) is 0. The van der Waals surface area contributed by atoms with Crippen molar-refractivity contribution in [2.75, 3.05) is 24.5 Å². The molecule has 1 atom stereocenters. The van der Waals surface area contributed by atoms with Gasteiger partial charge in [0.15, 0.2) is 11.1 Å². The number of likely N-dealkylation sites (tertiary alicyclic amines) is 1. The summed E-state index contributed by atoms with van der Waals surface area (Å²) in [6, 6.07) is 7.43. The van der Waals surface area contributed by atoms with E-state index in [9.17, 15) is 9.00 Å². The molecule has 5 nitrogen and oxygen atoms in total. The van der Waals surface area contributed by atoms with Gasteiger partial charge in [-0.1, -0.05) is 26.0 Å². The van der Waals surface area contributed by atoms with Crippen molar-refractivity contribution in [3.8, 4) is 0 Å². The lowest BCUT2D eigenvalue weighted by atomic mass is 9.86. The van der Waals surface area contributed by atoms with Crippen LogP contribution in [0.25, 0.3) is 0 Å². The van der Waals surface area contributed by atoms with Crippen molar-refractivity contribution in [2.24, 2.45) is 5.92 Å². The van der Waals surface area contributed by atoms with Crippen LogP contribution >= 0.6 is 0 Å². The average molecular weight is 367 g/mol. The van der Waals surface area contributed by atoms with Gasteiger partial charge < -0.3 is 14.4 Å². The minimum atomic E-state index is -1.85. The van der Waals surface area contributed by atoms with Crippen LogP contribution in [-0.2, 0) is 21.6 Å². The standard InChI is InChI=1S/C19H30N2O3S/c1-15(2)13-20-11-9-19(4,10-12-20)21(16(3)22)18-7-5-17(6-8-18)14-25(23)24/h5-8,15H,9-14H2,1-4H3,(H,23,24). The molecule has 0 bridgehead atoms. The van der Waals surface area contributed by atoms with Gasteiger partial charge in [0.1, 0.15) is 0 Å². The second kappa shape index (κ2) is 8.43. The molecular formula is C19H30N2O3S. The predicted molar refractivity (Wildman–Crippen MR) is 103 cm³/mol. The van der Waals surface area contributed by atoms with E-state index >= 15 is 0 Å². The molecule has 6 heteroatoms. The van der Waals surface area contributed by atoms with E-state index in [0.717, 1.165) is 43.7 Å². The zero-order valence-electron chi connectivity index (χ0n) is 15.7. The SMILES string of the molecule is CC(=O)N(c1ccc(CS(=O)O)cc1)C1(C)CCN(CC(C)C)CC1. The first-order valence-electron chi connectivity index (χ1n) is 8.91. The molecule has 2 rings (SSSR count). The average Bonchev–Trinajstić information content (AvgIpc) is 2.50. The van der Waals surface area contributed by atoms with E-state index in [0.29, 0.717) is 5.92 Å². The summed E-state index contributed by atoms with van der Waals surface area (Å²) >= 11 is -1.85. The Morgan fingerprint density at radius 2 is 1.84 bits per heavy atom. The van der Waals surface area contributed by atoms with Crippen molar-refractivity contribution < 1.29 is 13.6 Å². The Bertz CT molecular complexity index is 608. The Morgan fingerprint density at radius 3 is 2.28 bits per heavy atom. The predicted octanol–water partition coefficient (Wildman–Crippen LogP) is 3.27. The zero-order valence-corrected chi connectivity index (χ0v) is 16.5. The second-order valence-electron chi connectivity index (χ2n) is 7.68. The summed E-state index contributed by atoms with van der Waals surface area (Å²) in [4.78, 5) is 16.8. The van der Waals surface area contributed by atoms with Gasteiger partial charge >= 0.3 is 0 Å². The fraction of sp³-hybridized carbons (Fsp3) is 0.632. The molecule has 1 heterocycles. The normalized spacial score (nSPS) is 19.0. The summed E-state index contributed by atoms with van der Waals surface area (Å²) in [5, 5.41) is 0. The number of hydrogen-bond acceptors (Lipinski definition) is 3. The van der Waals surface area contributed by atoms with E-state index in [1.807, 2.05) is 29.2 Å². The molecule has 0 spiro atoms. The van der Waals surface area contributed by atoms with Crippen molar-refractivity contribution in [1.82, 2.24) is 4.90 Å². The Balaban J connectivity index is 2.15. The Hall–Kier alpha value is -1.24. The molecule has 25 heavy (non-hydrogen) atoms. The minimum Gasteiger partial charge on any atom is -0.307 e. The molecule has 140 valence electrons. The van der Waals surface area contributed by atoms with Crippen LogP contribution in [0, 0.1) is 5.92 Å². The maximum Gasteiger partial charge on any atom is 0.224 e. The Morgan fingerprint density at radius 1 is 1.28 bits per heavy atom. The number of anilines is 1. The van der Waals surface area contributed by atoms with Gasteiger partial charge in [-0.2, -0.15) is 0 Å². The van der Waals surface area contributed by atoms with E-state index in [1.54, 1.807) is 6.92 Å². The molecule has 1 aliphatic rings. The van der Waals surface area contributed by atoms with E-state index in [2.05, 4.69) is 25.7 Å². The fourth-order valence-corrected chi connectivity index (χ4v) is 4.19. The number of carbonyl (C=O) groups excluding carboxylic acids is 1. The van der Waals surface area contributed by atoms with Gasteiger partial charge in [-0.05, 0) is 43.4 Å². The van der Waals surface area contributed by atoms with Crippen LogP contribution in [0.1, 0.15) is 46.1 Å². The zero-order chi connectivity index (χ0) is 18.6. The maximum absolute atomic E-state index is 12.4. The molecular weight excluding hydrogens is 336 g/mol. The number of hydrogen-bond donors (Lipinski definition) is 1. The molecule has 1 aliphatic heterocycles. The Labute approximate surface area is 153 Å². The molecule has 1 unspecified atom stereocenters. The van der Waals surface area contributed by atoms with E-state index in [-0.39, 0.29) is 17.2 Å². The summed E-state index contributed by atoms with van der Waals surface area (Å²) in [5.74, 6) is 0.804. The third kappa shape index (κ3) is 5.36. The van der Waals surface area contributed by atoms with Crippen molar-refractivity contribution in [1.29, 1.82) is 0 Å². The first kappa shape index (κ1) is 20.1. The topological polar surface area (TPSA) is 60.9 Å². The number of benzene rings is 1. The molecule has 0 radical (unpaired) electrons. The number of carbonyl (C=O) groups is 1. The molecule has 1 amide bonds. The fourth-order valence-electron chi connectivity index (χ4n) is 3.71. The Kier molecular flexibility index (Phi) is 6.77. The van der Waals surface area contributed by atoms with Gasteiger partial charge in [-0.3, -0.25) is 4.79 Å². The lowest BCUT2D eigenvalue weighted by Crippen LogP contribution is -2.56. The number of piperidine rings is 1. The van der Waals surface area contributed by atoms with Crippen molar-refractivity contribution in [3.63, 3.8) is 0 Å². The van der Waals surface area contributed by atoms with Gasteiger partial charge in [-0.25, -0.2) is 4.21 Å². The molecule has 0 aromatic heterocycles. The highest BCUT2D eigenvalue weighted by Crippen LogP contribution is 2.33. The van der Waals surface area contributed by atoms with Gasteiger partial charge in [0.2, 0.25) is 5.91 Å². The highest BCUT2D eigenvalue weighted by molar-refractivity contribution is 7.78. The molecule has 1 saturated heterocycles. The van der Waals surface area contributed by atoms with Crippen LogP contribution in [0.2, 0.25) is 0 Å². The molecule has 0 aliphatic carbocycles. The molecule has 1 aromatic carbocycles. The lowest BCUT2D eigenvalue weighted by molar-refractivity contribution is -0.118. The molecule has 0 saturated carbocycles. The minimum absolute atomic E-state index is 0.0401. The van der Waals surface area contributed by atoms with E-state index in [4.69, 9.17) is 4.55 Å². The summed E-state index contributed by atoms with van der Waals surface area (Å²) in [6.45, 7) is 11.3. The smallest absolute Gasteiger partial charge is 0.224 e. The number of amides is 1. The molecule has 1 fully saturated rings. The van der Waals surface area contributed by atoms with E-state index in [1.165, 1.54) is 0 Å². The number of rotatable bonds is 6. The van der Waals surface area contributed by atoms with Crippen molar-refractivity contribution >= 4 is 22.7 Å². The quantitative estimate of drug-likeness (QED) is 0.785. The van der Waals surface area contributed by atoms with Gasteiger partial charge in [0.05, 0.1) is 5.75 Å². The highest BCUT2D eigenvalue weighted by Gasteiger charge is 2.38. The molecule has 1 N–H and O–H groups in total. The monoisotopic (exact) mass is 366 g/mol. The summed E-state index contributed by atoms with van der Waals surface area (Å²) in [5.41, 5.74) is 1.46. The largest absolute Gasteiger partial charge is 0.307 e. The van der Waals surface area contributed by atoms with Gasteiger partial charge in [-0.15, -0.1) is 0 Å². The number of nitrogens with zero attached hydrogens (tertiary/aromatic N) is 2. The third-order valence-electron chi connectivity index (χ3n) is 4.90. The van der Waals surface area contributed by atoms with Gasteiger partial charge in [0, 0.05) is 37.8 Å². The summed E-state index contributed by atoms with van der Waals surface area (Å²) in [6.07, 6.45) is 1.89. The van der Waals surface area contributed by atoms with Crippen LogP contribution in [0.4, 0.5) is 5.69 Å². The van der Waals surface area contributed by atoms with E-state index < -0.39 is 11.1 Å². The third-order valence-corrected chi connectivity index (χ3v) is 5.48. The van der Waals surface area contributed by atoms with Gasteiger partial charge in [0.25, 0.3) is 0 Å². The second-order valence-corrected chi connectivity index (χ2v) is 8.61. The first-order valence-corrected chi connectivity index (χ1v) is 10.2. The van der Waals surface area contributed by atoms with Crippen LogP contribution < -0.4 is 4.90 Å². The van der Waals surface area contributed by atoms with Crippen molar-refractivity contribution in [2.45, 2.75) is 51.8 Å². The van der Waals surface area contributed by atoms with Crippen LogP contribution in [0.3, 0.4) is 0 Å². The van der Waals surface area contributed by atoms with Crippen molar-refractivity contribution in [3.05, 3.63) is 29.8 Å². The van der Waals surface area contributed by atoms with Crippen LogP contribution in [-0.4, -0.2) is 44.7 Å². The highest BCUT2D eigenvalue weighted by atomic mass is 32.2. The summed E-state index contributed by atoms with van der Waals surface area (Å²) < 4.78 is 20.0.